The minimum atomic E-state index is -2.98. The highest BCUT2D eigenvalue weighted by Crippen LogP contribution is 2.11. The van der Waals surface area contributed by atoms with Crippen LogP contribution in [-0.4, -0.2) is 48.8 Å². The number of hydrogen-bond donors (Lipinski definition) is 1. The number of amides is 1. The van der Waals surface area contributed by atoms with E-state index in [9.17, 15) is 13.2 Å². The maximum absolute atomic E-state index is 12.2. The molecule has 1 fully saturated rings. The fraction of sp³-hybridized carbons (Fsp3) is 0.333. The molecule has 0 saturated carbocycles. The normalized spacial score (nSPS) is 18.0. The monoisotopic (exact) mass is 298 g/mol. The molecule has 0 aliphatic carbocycles. The van der Waals surface area contributed by atoms with Gasteiger partial charge in [0.25, 0.3) is 5.91 Å². The van der Waals surface area contributed by atoms with E-state index in [2.05, 4.69) is 0 Å². The number of sulfone groups is 1. The highest BCUT2D eigenvalue weighted by atomic mass is 32.2. The van der Waals surface area contributed by atoms with Crippen molar-refractivity contribution in [2.75, 3.05) is 24.6 Å². The second-order valence-electron chi connectivity index (χ2n) is 4.39. The van der Waals surface area contributed by atoms with Crippen LogP contribution in [-0.2, 0) is 9.84 Å². The molecule has 1 aliphatic heterocycles. The van der Waals surface area contributed by atoms with Crippen LogP contribution >= 0.6 is 12.2 Å². The average Bonchev–Trinajstić information content (AvgIpc) is 2.38. The van der Waals surface area contributed by atoms with Crippen molar-refractivity contribution < 1.29 is 13.2 Å². The van der Waals surface area contributed by atoms with Crippen molar-refractivity contribution in [1.82, 2.24) is 4.90 Å². The van der Waals surface area contributed by atoms with Gasteiger partial charge in [-0.15, -0.1) is 0 Å². The van der Waals surface area contributed by atoms with E-state index in [1.807, 2.05) is 0 Å². The van der Waals surface area contributed by atoms with Gasteiger partial charge in [-0.2, -0.15) is 0 Å². The number of thiocarbonyl (C=S) groups is 1. The Balaban J connectivity index is 2.10. The molecule has 2 N–H and O–H groups in total. The predicted molar refractivity (Wildman–Crippen MR) is 76.9 cm³/mol. The van der Waals surface area contributed by atoms with Crippen molar-refractivity contribution in [2.24, 2.45) is 5.73 Å². The zero-order chi connectivity index (χ0) is 14.0. The highest BCUT2D eigenvalue weighted by molar-refractivity contribution is 7.91. The maximum atomic E-state index is 12.2. The molecule has 1 aromatic carbocycles. The molecule has 0 atom stereocenters. The molecule has 0 radical (unpaired) electrons. The van der Waals surface area contributed by atoms with Gasteiger partial charge in [-0.3, -0.25) is 4.79 Å². The summed E-state index contributed by atoms with van der Waals surface area (Å²) in [6.07, 6.45) is 0. The van der Waals surface area contributed by atoms with E-state index in [0.717, 1.165) is 0 Å². The fourth-order valence-electron chi connectivity index (χ4n) is 1.88. The van der Waals surface area contributed by atoms with Gasteiger partial charge in [-0.1, -0.05) is 24.4 Å². The van der Waals surface area contributed by atoms with Crippen molar-refractivity contribution in [2.45, 2.75) is 0 Å². The Kier molecular flexibility index (Phi) is 3.86. The first-order chi connectivity index (χ1) is 8.89. The largest absolute Gasteiger partial charge is 0.389 e. The lowest BCUT2D eigenvalue weighted by Gasteiger charge is -2.26. The Labute approximate surface area is 117 Å². The van der Waals surface area contributed by atoms with E-state index in [1.54, 1.807) is 29.2 Å². The maximum Gasteiger partial charge on any atom is 0.253 e. The molecule has 1 aliphatic rings. The van der Waals surface area contributed by atoms with Gasteiger partial charge in [0.15, 0.2) is 9.84 Å². The Morgan fingerprint density at radius 3 is 2.05 bits per heavy atom. The molecule has 19 heavy (non-hydrogen) atoms. The molecule has 0 aromatic heterocycles. The number of hydrogen-bond acceptors (Lipinski definition) is 4. The van der Waals surface area contributed by atoms with Gasteiger partial charge in [-0.05, 0) is 12.1 Å². The standard InChI is InChI=1S/C12H14N2O3S2/c13-11(18)9-1-3-10(4-2-9)12(15)14-5-7-19(16,17)8-6-14/h1-4H,5-8H2,(H2,13,18). The number of rotatable bonds is 2. The van der Waals surface area contributed by atoms with Crippen LogP contribution < -0.4 is 5.73 Å². The third-order valence-corrected chi connectivity index (χ3v) is 4.89. The van der Waals surface area contributed by atoms with Gasteiger partial charge < -0.3 is 10.6 Å². The highest BCUT2D eigenvalue weighted by Gasteiger charge is 2.25. The molecular formula is C12H14N2O3S2. The molecule has 7 heteroatoms. The summed E-state index contributed by atoms with van der Waals surface area (Å²) in [6, 6.07) is 6.69. The third kappa shape index (κ3) is 3.30. The molecule has 5 nitrogen and oxygen atoms in total. The molecule has 1 aromatic rings. The summed E-state index contributed by atoms with van der Waals surface area (Å²) in [7, 11) is -2.98. The van der Waals surface area contributed by atoms with E-state index >= 15 is 0 Å². The first kappa shape index (κ1) is 14.0. The Morgan fingerprint density at radius 2 is 1.58 bits per heavy atom. The SMILES string of the molecule is NC(=S)c1ccc(C(=O)N2CCS(=O)(=O)CC2)cc1. The third-order valence-electron chi connectivity index (χ3n) is 3.05. The van der Waals surface area contributed by atoms with Gasteiger partial charge in [0.1, 0.15) is 4.99 Å². The zero-order valence-corrected chi connectivity index (χ0v) is 11.8. The lowest BCUT2D eigenvalue weighted by Crippen LogP contribution is -2.43. The van der Waals surface area contributed by atoms with Gasteiger partial charge in [0.05, 0.1) is 11.5 Å². The van der Waals surface area contributed by atoms with E-state index in [1.165, 1.54) is 0 Å². The van der Waals surface area contributed by atoms with E-state index in [-0.39, 0.29) is 35.5 Å². The predicted octanol–water partition coefficient (Wildman–Crippen LogP) is 0.191. The fourth-order valence-corrected chi connectivity index (χ4v) is 3.21. The van der Waals surface area contributed by atoms with Crippen molar-refractivity contribution in [3.63, 3.8) is 0 Å². The van der Waals surface area contributed by atoms with E-state index < -0.39 is 9.84 Å². The molecule has 1 amide bonds. The number of carbonyl (C=O) groups excluding carboxylic acids is 1. The average molecular weight is 298 g/mol. The summed E-state index contributed by atoms with van der Waals surface area (Å²) in [5.74, 6) is -0.0997. The van der Waals surface area contributed by atoms with Crippen LogP contribution in [0.2, 0.25) is 0 Å². The summed E-state index contributed by atoms with van der Waals surface area (Å²) < 4.78 is 22.6. The smallest absolute Gasteiger partial charge is 0.253 e. The molecule has 102 valence electrons. The van der Waals surface area contributed by atoms with E-state index in [4.69, 9.17) is 18.0 Å². The minimum Gasteiger partial charge on any atom is -0.389 e. The lowest BCUT2D eigenvalue weighted by atomic mass is 10.1. The zero-order valence-electron chi connectivity index (χ0n) is 10.2. The first-order valence-electron chi connectivity index (χ1n) is 5.79. The van der Waals surface area contributed by atoms with Gasteiger partial charge in [-0.25, -0.2) is 8.42 Å². The van der Waals surface area contributed by atoms with Crippen molar-refractivity contribution in [1.29, 1.82) is 0 Å². The van der Waals surface area contributed by atoms with Gasteiger partial charge in [0.2, 0.25) is 0 Å². The topological polar surface area (TPSA) is 80.5 Å². The van der Waals surface area contributed by atoms with E-state index in [0.29, 0.717) is 11.1 Å². The quantitative estimate of drug-likeness (QED) is 0.789. The van der Waals surface area contributed by atoms with Crippen LogP contribution in [0.1, 0.15) is 15.9 Å². The molecule has 0 unspecified atom stereocenters. The van der Waals surface area contributed by atoms with Crippen LogP contribution in [0.25, 0.3) is 0 Å². The molecule has 0 bridgehead atoms. The number of carbonyl (C=O) groups is 1. The Hall–Kier alpha value is -1.47. The number of nitrogens with two attached hydrogens (primary N) is 1. The van der Waals surface area contributed by atoms with Crippen molar-refractivity contribution in [3.05, 3.63) is 35.4 Å². The van der Waals surface area contributed by atoms with Crippen molar-refractivity contribution in [3.8, 4) is 0 Å². The number of nitrogens with zero attached hydrogens (tertiary/aromatic N) is 1. The van der Waals surface area contributed by atoms with Crippen molar-refractivity contribution >= 4 is 33.0 Å². The summed E-state index contributed by atoms with van der Waals surface area (Å²) >= 11 is 4.84. The van der Waals surface area contributed by atoms with Crippen LogP contribution in [0.4, 0.5) is 0 Å². The number of benzene rings is 1. The molecule has 0 spiro atoms. The second kappa shape index (κ2) is 5.26. The summed E-state index contributed by atoms with van der Waals surface area (Å²) in [5, 5.41) is 0. The van der Waals surface area contributed by atoms with Crippen LogP contribution in [0.3, 0.4) is 0 Å². The molecule has 1 saturated heterocycles. The van der Waals surface area contributed by atoms with Gasteiger partial charge in [0, 0.05) is 24.2 Å². The minimum absolute atomic E-state index is 0.0315. The van der Waals surface area contributed by atoms with Crippen LogP contribution in [0, 0.1) is 0 Å². The summed E-state index contributed by atoms with van der Waals surface area (Å²) in [5.41, 5.74) is 6.70. The van der Waals surface area contributed by atoms with Crippen LogP contribution in [0.15, 0.2) is 24.3 Å². The van der Waals surface area contributed by atoms with Gasteiger partial charge >= 0.3 is 0 Å². The molecule has 2 rings (SSSR count). The molecular weight excluding hydrogens is 284 g/mol. The summed E-state index contributed by atoms with van der Waals surface area (Å²) in [6.45, 7) is 0.496. The Morgan fingerprint density at radius 1 is 1.11 bits per heavy atom. The first-order valence-corrected chi connectivity index (χ1v) is 8.01. The summed E-state index contributed by atoms with van der Waals surface area (Å²) in [4.78, 5) is 14.0. The lowest BCUT2D eigenvalue weighted by molar-refractivity contribution is 0.0770. The second-order valence-corrected chi connectivity index (χ2v) is 7.13. The Bertz CT molecular complexity index is 594. The molecule has 1 heterocycles. The van der Waals surface area contributed by atoms with Crippen LogP contribution in [0.5, 0.6) is 0 Å².